The molecule has 0 spiro atoms. The molecule has 0 radical (unpaired) electrons. The average Bonchev–Trinajstić information content (AvgIpc) is 3.34. The first-order chi connectivity index (χ1) is 18.9. The Bertz CT molecular complexity index is 1760. The van der Waals surface area contributed by atoms with Crippen LogP contribution in [0.1, 0.15) is 31.4 Å². The van der Waals surface area contributed by atoms with Crippen LogP contribution in [0.25, 0.3) is 22.3 Å². The van der Waals surface area contributed by atoms with Crippen LogP contribution in [0.2, 0.25) is 0 Å². The SMILES string of the molecule is CC#CCn1c(N2CCCC(N)C2)nc2c1c(=O)n(CC1c3ccccc3-c3ccccc3N1O)c(=O)n2C. The zero-order chi connectivity index (χ0) is 27.3. The molecule has 0 aliphatic carbocycles. The maximum Gasteiger partial charge on any atom is 0.332 e. The number of rotatable bonds is 4. The van der Waals surface area contributed by atoms with Crippen molar-refractivity contribution in [2.75, 3.05) is 23.1 Å². The number of aromatic nitrogens is 4. The van der Waals surface area contributed by atoms with Crippen molar-refractivity contribution in [3.05, 3.63) is 74.9 Å². The van der Waals surface area contributed by atoms with Crippen molar-refractivity contribution < 1.29 is 5.21 Å². The lowest BCUT2D eigenvalue weighted by molar-refractivity contribution is 0.202. The van der Waals surface area contributed by atoms with Crippen LogP contribution in [0.15, 0.2) is 58.1 Å². The van der Waals surface area contributed by atoms with Gasteiger partial charge in [-0.3, -0.25) is 23.7 Å². The molecular weight excluding hydrogens is 494 g/mol. The van der Waals surface area contributed by atoms with Crippen molar-refractivity contribution in [3.63, 3.8) is 0 Å². The van der Waals surface area contributed by atoms with Gasteiger partial charge >= 0.3 is 5.69 Å². The molecule has 1 saturated heterocycles. The van der Waals surface area contributed by atoms with E-state index >= 15 is 0 Å². The number of hydrogen-bond donors (Lipinski definition) is 2. The third-order valence-electron chi connectivity index (χ3n) is 7.78. The summed E-state index contributed by atoms with van der Waals surface area (Å²) in [6.07, 6.45) is 1.85. The highest BCUT2D eigenvalue weighted by Gasteiger charge is 2.32. The van der Waals surface area contributed by atoms with Crippen LogP contribution in [0, 0.1) is 11.8 Å². The number of nitrogens with two attached hydrogens (primary N) is 1. The van der Waals surface area contributed by atoms with Gasteiger partial charge in [0.2, 0.25) is 5.95 Å². The number of hydroxylamine groups is 1. The molecule has 6 rings (SSSR count). The van der Waals surface area contributed by atoms with Crippen LogP contribution in [-0.4, -0.2) is 43.0 Å². The van der Waals surface area contributed by atoms with Crippen LogP contribution < -0.4 is 26.9 Å². The highest BCUT2D eigenvalue weighted by atomic mass is 16.5. The monoisotopic (exact) mass is 525 g/mol. The quantitative estimate of drug-likeness (QED) is 0.394. The molecule has 10 heteroatoms. The number of fused-ring (bicyclic) bond motifs is 4. The first-order valence-electron chi connectivity index (χ1n) is 13.2. The molecule has 2 aliphatic heterocycles. The number of hydrogen-bond acceptors (Lipinski definition) is 7. The number of benzene rings is 2. The van der Waals surface area contributed by atoms with Crippen LogP contribution in [-0.2, 0) is 20.1 Å². The van der Waals surface area contributed by atoms with E-state index in [1.54, 1.807) is 18.5 Å². The smallest absolute Gasteiger partial charge is 0.332 e. The summed E-state index contributed by atoms with van der Waals surface area (Å²) in [5.74, 6) is 6.55. The van der Waals surface area contributed by atoms with E-state index in [0.29, 0.717) is 29.3 Å². The largest absolute Gasteiger partial charge is 0.341 e. The van der Waals surface area contributed by atoms with E-state index in [0.717, 1.165) is 41.1 Å². The van der Waals surface area contributed by atoms with Crippen LogP contribution in [0.3, 0.4) is 0 Å². The Kier molecular flexibility index (Phi) is 6.25. The standard InChI is InChI=1S/C29H31N7O3/c1-3-4-16-34-25-26(31-28(34)33-15-9-10-19(30)17-33)32(2)29(38)35(27(25)37)18-24-22-13-6-5-11-20(22)21-12-7-8-14-23(21)36(24)39/h5-8,11-14,19,24,39H,9-10,15-18,30H2,1-2H3. The summed E-state index contributed by atoms with van der Waals surface area (Å²) in [6, 6.07) is 14.7. The molecule has 0 saturated carbocycles. The summed E-state index contributed by atoms with van der Waals surface area (Å²) < 4.78 is 4.40. The summed E-state index contributed by atoms with van der Waals surface area (Å²) in [5, 5.41) is 12.5. The third kappa shape index (κ3) is 4.02. The van der Waals surface area contributed by atoms with Gasteiger partial charge in [-0.1, -0.05) is 48.4 Å². The van der Waals surface area contributed by atoms with E-state index in [1.807, 2.05) is 48.5 Å². The van der Waals surface area contributed by atoms with E-state index in [2.05, 4.69) is 16.7 Å². The van der Waals surface area contributed by atoms with E-state index in [-0.39, 0.29) is 19.1 Å². The molecule has 4 aromatic rings. The average molecular weight is 526 g/mol. The molecule has 1 fully saturated rings. The van der Waals surface area contributed by atoms with Crippen molar-refractivity contribution >= 4 is 22.8 Å². The summed E-state index contributed by atoms with van der Waals surface area (Å²) in [5.41, 5.74) is 9.22. The van der Waals surface area contributed by atoms with Crippen molar-refractivity contribution in [2.45, 2.75) is 44.9 Å². The lowest BCUT2D eigenvalue weighted by Gasteiger charge is -2.35. The summed E-state index contributed by atoms with van der Waals surface area (Å²) in [4.78, 5) is 34.5. The second kappa shape index (κ2) is 9.76. The van der Waals surface area contributed by atoms with Crippen molar-refractivity contribution in [1.82, 2.24) is 18.7 Å². The molecule has 2 aromatic carbocycles. The summed E-state index contributed by atoms with van der Waals surface area (Å²) in [7, 11) is 1.62. The van der Waals surface area contributed by atoms with Crippen molar-refractivity contribution in [1.29, 1.82) is 0 Å². The van der Waals surface area contributed by atoms with Crippen LogP contribution in [0.4, 0.5) is 11.6 Å². The molecule has 200 valence electrons. The van der Waals surface area contributed by atoms with E-state index in [9.17, 15) is 14.8 Å². The molecule has 0 bridgehead atoms. The van der Waals surface area contributed by atoms with Crippen LogP contribution in [0.5, 0.6) is 0 Å². The minimum absolute atomic E-state index is 0.00883. The van der Waals surface area contributed by atoms with Crippen molar-refractivity contribution in [3.8, 4) is 23.0 Å². The molecule has 2 unspecified atom stereocenters. The van der Waals surface area contributed by atoms with Gasteiger partial charge in [-0.15, -0.1) is 5.92 Å². The van der Waals surface area contributed by atoms with Gasteiger partial charge in [0.15, 0.2) is 11.2 Å². The van der Waals surface area contributed by atoms with Gasteiger partial charge in [0, 0.05) is 31.7 Å². The fourth-order valence-electron chi connectivity index (χ4n) is 5.84. The van der Waals surface area contributed by atoms with E-state index < -0.39 is 17.3 Å². The second-order valence-electron chi connectivity index (χ2n) is 10.2. The third-order valence-corrected chi connectivity index (χ3v) is 7.78. The van der Waals surface area contributed by atoms with Gasteiger partial charge in [-0.2, -0.15) is 4.98 Å². The lowest BCUT2D eigenvalue weighted by atomic mass is 9.89. The lowest BCUT2D eigenvalue weighted by Crippen LogP contribution is -2.44. The van der Waals surface area contributed by atoms with E-state index in [4.69, 9.17) is 10.7 Å². The second-order valence-corrected chi connectivity index (χ2v) is 10.2. The predicted octanol–water partition coefficient (Wildman–Crippen LogP) is 2.47. The van der Waals surface area contributed by atoms with Gasteiger partial charge in [0.1, 0.15) is 6.04 Å². The Morgan fingerprint density at radius 2 is 1.82 bits per heavy atom. The number of anilines is 2. The van der Waals surface area contributed by atoms with Gasteiger partial charge < -0.3 is 10.6 Å². The maximum absolute atomic E-state index is 14.1. The van der Waals surface area contributed by atoms with Gasteiger partial charge in [-0.25, -0.2) is 9.86 Å². The number of piperidine rings is 1. The van der Waals surface area contributed by atoms with Gasteiger partial charge in [-0.05, 0) is 37.0 Å². The van der Waals surface area contributed by atoms with Crippen LogP contribution >= 0.6 is 0 Å². The number of imidazole rings is 1. The van der Waals surface area contributed by atoms with Crippen molar-refractivity contribution in [2.24, 2.45) is 12.8 Å². The fourth-order valence-corrected chi connectivity index (χ4v) is 5.84. The molecule has 2 aliphatic rings. The molecular formula is C29H31N7O3. The highest BCUT2D eigenvalue weighted by Crippen LogP contribution is 2.43. The molecule has 0 amide bonds. The first-order valence-corrected chi connectivity index (χ1v) is 13.2. The first kappa shape index (κ1) is 25.0. The molecule has 39 heavy (non-hydrogen) atoms. The molecule has 2 aromatic heterocycles. The number of nitrogens with zero attached hydrogens (tertiary/aromatic N) is 6. The van der Waals surface area contributed by atoms with E-state index in [1.165, 1.54) is 9.13 Å². The van der Waals surface area contributed by atoms with Gasteiger partial charge in [0.25, 0.3) is 5.56 Å². The predicted molar refractivity (Wildman–Crippen MR) is 151 cm³/mol. The molecule has 4 heterocycles. The maximum atomic E-state index is 14.1. The molecule has 3 N–H and O–H groups in total. The normalized spacial score (nSPS) is 18.5. The Morgan fingerprint density at radius 1 is 1.08 bits per heavy atom. The highest BCUT2D eigenvalue weighted by molar-refractivity contribution is 5.83. The zero-order valence-corrected chi connectivity index (χ0v) is 22.0. The minimum atomic E-state index is -0.648. The molecule has 2 atom stereocenters. The zero-order valence-electron chi connectivity index (χ0n) is 22.0. The Labute approximate surface area is 225 Å². The number of para-hydroxylation sites is 1. The minimum Gasteiger partial charge on any atom is -0.341 e. The Balaban J connectivity index is 1.52. The number of aryl methyl sites for hydroxylation is 1. The molecule has 10 nitrogen and oxygen atoms in total. The Morgan fingerprint density at radius 3 is 2.59 bits per heavy atom. The topological polar surface area (TPSA) is 115 Å². The summed E-state index contributed by atoms with van der Waals surface area (Å²) in [6.45, 7) is 3.34. The fraction of sp³-hybridized carbons (Fsp3) is 0.345. The van der Waals surface area contributed by atoms with Gasteiger partial charge in [0.05, 0.1) is 18.8 Å². The summed E-state index contributed by atoms with van der Waals surface area (Å²) >= 11 is 0. The Hall–Kier alpha value is -4.33.